The fourth-order valence-electron chi connectivity index (χ4n) is 2.36. The quantitative estimate of drug-likeness (QED) is 0.637. The van der Waals surface area contributed by atoms with Crippen LogP contribution in [-0.2, 0) is 0 Å². The highest BCUT2D eigenvalue weighted by atomic mass is 35.5. The minimum Gasteiger partial charge on any atom is -0.316 e. The molecule has 0 radical (unpaired) electrons. The molecule has 0 aliphatic carbocycles. The Morgan fingerprint density at radius 1 is 1.35 bits per heavy atom. The zero-order valence-electron chi connectivity index (χ0n) is 11.6. The number of nitriles is 1. The van der Waals surface area contributed by atoms with E-state index in [1.807, 2.05) is 42.7 Å². The molecule has 0 spiro atoms. The third-order valence-electron chi connectivity index (χ3n) is 3.32. The highest BCUT2D eigenvalue weighted by Gasteiger charge is 2.20. The predicted molar refractivity (Wildman–Crippen MR) is 79.6 cm³/mol. The van der Waals surface area contributed by atoms with Gasteiger partial charge in [0.15, 0.2) is 5.78 Å². The fourth-order valence-corrected chi connectivity index (χ4v) is 2.48. The lowest BCUT2D eigenvalue weighted by Gasteiger charge is -2.11. The van der Waals surface area contributed by atoms with E-state index < -0.39 is 5.38 Å². The zero-order valence-corrected chi connectivity index (χ0v) is 12.4. The summed E-state index contributed by atoms with van der Waals surface area (Å²) < 4.78 is 1.92. The number of para-hydroxylation sites is 1. The summed E-state index contributed by atoms with van der Waals surface area (Å²) >= 11 is 5.89. The molecule has 1 unspecified atom stereocenters. The third-order valence-corrected chi connectivity index (χ3v) is 3.52. The smallest absolute Gasteiger partial charge is 0.182 e. The number of carbonyl (C=O) groups is 1. The normalized spacial score (nSPS) is 11.9. The standard InChI is InChI=1S/C16H15ClN2O/c1-10-8-14(16(20)11(2)17)12(3)19(10)15-7-5-4-6-13(15)9-18/h4-8,11H,1-3H3. The van der Waals surface area contributed by atoms with Gasteiger partial charge >= 0.3 is 0 Å². The van der Waals surface area contributed by atoms with Crippen LogP contribution in [0.3, 0.4) is 0 Å². The highest BCUT2D eigenvalue weighted by Crippen LogP contribution is 2.24. The van der Waals surface area contributed by atoms with Crippen LogP contribution in [-0.4, -0.2) is 15.7 Å². The molecule has 4 heteroatoms. The minimum atomic E-state index is -0.560. The topological polar surface area (TPSA) is 45.8 Å². The van der Waals surface area contributed by atoms with Gasteiger partial charge in [-0.3, -0.25) is 4.79 Å². The van der Waals surface area contributed by atoms with Crippen molar-refractivity contribution >= 4 is 17.4 Å². The van der Waals surface area contributed by atoms with E-state index in [1.165, 1.54) is 0 Å². The molecule has 1 atom stereocenters. The summed E-state index contributed by atoms with van der Waals surface area (Å²) in [5.74, 6) is -0.0968. The predicted octanol–water partition coefficient (Wildman–Crippen LogP) is 3.78. The molecule has 0 amide bonds. The van der Waals surface area contributed by atoms with E-state index in [0.717, 1.165) is 17.1 Å². The first-order chi connectivity index (χ1) is 9.47. The molecule has 2 aromatic rings. The first-order valence-corrected chi connectivity index (χ1v) is 6.77. The number of carbonyl (C=O) groups excluding carboxylic acids is 1. The van der Waals surface area contributed by atoms with Crippen molar-refractivity contribution < 1.29 is 4.79 Å². The number of Topliss-reactive ketones (excluding diaryl/α,β-unsaturated/α-hetero) is 1. The Hall–Kier alpha value is -2.05. The summed E-state index contributed by atoms with van der Waals surface area (Å²) in [7, 11) is 0. The number of ketones is 1. The molecule has 1 aromatic carbocycles. The molecular formula is C16H15ClN2O. The van der Waals surface area contributed by atoms with Crippen LogP contribution in [0.1, 0.15) is 34.2 Å². The lowest BCUT2D eigenvalue weighted by molar-refractivity contribution is 0.0991. The van der Waals surface area contributed by atoms with Crippen LogP contribution in [0, 0.1) is 25.2 Å². The number of aromatic nitrogens is 1. The van der Waals surface area contributed by atoms with E-state index in [-0.39, 0.29) is 5.78 Å². The molecule has 0 saturated carbocycles. The van der Waals surface area contributed by atoms with Crippen molar-refractivity contribution in [1.29, 1.82) is 5.26 Å². The second-order valence-corrected chi connectivity index (χ2v) is 5.38. The number of alkyl halides is 1. The summed E-state index contributed by atoms with van der Waals surface area (Å²) in [6, 6.07) is 11.3. The van der Waals surface area contributed by atoms with Crippen LogP contribution in [0.15, 0.2) is 30.3 Å². The van der Waals surface area contributed by atoms with Crippen molar-refractivity contribution in [3.05, 3.63) is 52.8 Å². The molecule has 0 saturated heterocycles. The van der Waals surface area contributed by atoms with Gasteiger partial charge in [-0.15, -0.1) is 11.6 Å². The van der Waals surface area contributed by atoms with E-state index in [2.05, 4.69) is 6.07 Å². The van der Waals surface area contributed by atoms with Gasteiger partial charge in [0.1, 0.15) is 6.07 Å². The van der Waals surface area contributed by atoms with Crippen molar-refractivity contribution in [2.75, 3.05) is 0 Å². The summed E-state index contributed by atoms with van der Waals surface area (Å²) in [6.45, 7) is 5.45. The van der Waals surface area contributed by atoms with E-state index >= 15 is 0 Å². The van der Waals surface area contributed by atoms with Crippen LogP contribution < -0.4 is 0 Å². The van der Waals surface area contributed by atoms with E-state index in [0.29, 0.717) is 11.1 Å². The number of benzene rings is 1. The van der Waals surface area contributed by atoms with Crippen LogP contribution in [0.25, 0.3) is 5.69 Å². The molecule has 0 fully saturated rings. The number of rotatable bonds is 3. The van der Waals surface area contributed by atoms with Gasteiger partial charge in [-0.1, -0.05) is 12.1 Å². The number of hydrogen-bond acceptors (Lipinski definition) is 2. The summed E-state index contributed by atoms with van der Waals surface area (Å²) in [6.07, 6.45) is 0. The van der Waals surface area contributed by atoms with Crippen LogP contribution in [0.5, 0.6) is 0 Å². The van der Waals surface area contributed by atoms with Crippen molar-refractivity contribution in [3.63, 3.8) is 0 Å². The average molecular weight is 287 g/mol. The number of nitrogens with zero attached hydrogens (tertiary/aromatic N) is 2. The molecule has 0 N–H and O–H groups in total. The SMILES string of the molecule is Cc1cc(C(=O)C(C)Cl)c(C)n1-c1ccccc1C#N. The Morgan fingerprint density at radius 3 is 2.60 bits per heavy atom. The van der Waals surface area contributed by atoms with Crippen molar-refractivity contribution in [2.24, 2.45) is 0 Å². The van der Waals surface area contributed by atoms with Crippen molar-refractivity contribution in [3.8, 4) is 11.8 Å². The molecular weight excluding hydrogens is 272 g/mol. The number of halogens is 1. The summed E-state index contributed by atoms with van der Waals surface area (Å²) in [4.78, 5) is 12.1. The van der Waals surface area contributed by atoms with Crippen LogP contribution in [0.2, 0.25) is 0 Å². The lowest BCUT2D eigenvalue weighted by atomic mass is 10.1. The Kier molecular flexibility index (Phi) is 3.96. The summed E-state index contributed by atoms with van der Waals surface area (Å²) in [5, 5.41) is 8.65. The monoisotopic (exact) mass is 286 g/mol. The molecule has 0 bridgehead atoms. The molecule has 0 aliphatic heterocycles. The molecule has 1 heterocycles. The molecule has 0 aliphatic rings. The van der Waals surface area contributed by atoms with Crippen molar-refractivity contribution in [2.45, 2.75) is 26.1 Å². The first-order valence-electron chi connectivity index (χ1n) is 6.34. The van der Waals surface area contributed by atoms with E-state index in [4.69, 9.17) is 11.6 Å². The average Bonchev–Trinajstić information content (AvgIpc) is 2.73. The zero-order chi connectivity index (χ0) is 14.9. The van der Waals surface area contributed by atoms with Crippen LogP contribution in [0.4, 0.5) is 0 Å². The van der Waals surface area contributed by atoms with Crippen molar-refractivity contribution in [1.82, 2.24) is 4.57 Å². The maximum atomic E-state index is 12.1. The maximum absolute atomic E-state index is 12.1. The Balaban J connectivity index is 2.66. The number of hydrogen-bond donors (Lipinski definition) is 0. The summed E-state index contributed by atoms with van der Waals surface area (Å²) in [5.41, 5.74) is 3.69. The van der Waals surface area contributed by atoms with E-state index in [9.17, 15) is 10.1 Å². The largest absolute Gasteiger partial charge is 0.316 e. The van der Waals surface area contributed by atoms with Gasteiger partial charge in [0.25, 0.3) is 0 Å². The Labute approximate surface area is 123 Å². The first kappa shape index (κ1) is 14.4. The lowest BCUT2D eigenvalue weighted by Crippen LogP contribution is -2.12. The van der Waals surface area contributed by atoms with Gasteiger partial charge in [-0.25, -0.2) is 0 Å². The van der Waals surface area contributed by atoms with Crippen LogP contribution >= 0.6 is 11.6 Å². The third kappa shape index (κ3) is 2.35. The molecule has 102 valence electrons. The van der Waals surface area contributed by atoms with Gasteiger partial charge in [0.05, 0.1) is 16.6 Å². The molecule has 20 heavy (non-hydrogen) atoms. The van der Waals surface area contributed by atoms with Gasteiger partial charge < -0.3 is 4.57 Å². The van der Waals surface area contributed by atoms with E-state index in [1.54, 1.807) is 13.0 Å². The Bertz CT molecular complexity index is 708. The molecule has 3 nitrogen and oxygen atoms in total. The number of aryl methyl sites for hydroxylation is 1. The second kappa shape index (κ2) is 5.52. The maximum Gasteiger partial charge on any atom is 0.182 e. The second-order valence-electron chi connectivity index (χ2n) is 4.73. The Morgan fingerprint density at radius 2 is 2.00 bits per heavy atom. The van der Waals surface area contributed by atoms with Gasteiger partial charge in [0.2, 0.25) is 0 Å². The molecule has 1 aromatic heterocycles. The highest BCUT2D eigenvalue weighted by molar-refractivity contribution is 6.33. The van der Waals surface area contributed by atoms with Gasteiger partial charge in [-0.2, -0.15) is 5.26 Å². The van der Waals surface area contributed by atoms with Gasteiger partial charge in [0, 0.05) is 17.0 Å². The minimum absolute atomic E-state index is 0.0968. The van der Waals surface area contributed by atoms with Gasteiger partial charge in [-0.05, 0) is 39.0 Å². The molecule has 2 rings (SSSR count). The fraction of sp³-hybridized carbons (Fsp3) is 0.250.